The molecule has 0 aliphatic carbocycles. The van der Waals surface area contributed by atoms with Crippen LogP contribution in [0.25, 0.3) is 10.9 Å². The second kappa shape index (κ2) is 6.16. The molecule has 0 N–H and O–H groups in total. The molecule has 0 bridgehead atoms. The van der Waals surface area contributed by atoms with E-state index in [0.29, 0.717) is 13.1 Å². The van der Waals surface area contributed by atoms with Crippen molar-refractivity contribution in [1.29, 1.82) is 0 Å². The number of carbonyl (C=O) groups is 2. The molecule has 23 heavy (non-hydrogen) atoms. The Kier molecular flexibility index (Phi) is 4.22. The van der Waals surface area contributed by atoms with Gasteiger partial charge in [0.2, 0.25) is 11.8 Å². The van der Waals surface area contributed by atoms with Gasteiger partial charge in [0.25, 0.3) is 0 Å². The molecule has 1 amide bonds. The van der Waals surface area contributed by atoms with E-state index in [4.69, 9.17) is 0 Å². The predicted molar refractivity (Wildman–Crippen MR) is 90.6 cm³/mol. The van der Waals surface area contributed by atoms with E-state index < -0.39 is 0 Å². The van der Waals surface area contributed by atoms with Crippen LogP contribution in [0.4, 0.5) is 0 Å². The molecule has 2 aromatic rings. The van der Waals surface area contributed by atoms with Gasteiger partial charge in [0.05, 0.1) is 11.4 Å². The van der Waals surface area contributed by atoms with Crippen LogP contribution in [-0.2, 0) is 11.2 Å². The van der Waals surface area contributed by atoms with Gasteiger partial charge in [0, 0.05) is 38.1 Å². The van der Waals surface area contributed by atoms with E-state index in [1.165, 1.54) is 5.56 Å². The Hall–Kier alpha value is -2.14. The summed E-state index contributed by atoms with van der Waals surface area (Å²) in [5, 5.41) is 1.14. The SMILES string of the molecule is CC(=O)N1CC(C(=O)n2cc(CCN(C)C)c3ccccc32)C1. The van der Waals surface area contributed by atoms with Crippen molar-refractivity contribution >= 4 is 22.7 Å². The van der Waals surface area contributed by atoms with Gasteiger partial charge in [-0.3, -0.25) is 14.2 Å². The van der Waals surface area contributed by atoms with Crippen LogP contribution in [0.1, 0.15) is 17.3 Å². The molecular weight excluding hydrogens is 290 g/mol. The van der Waals surface area contributed by atoms with Crippen LogP contribution in [0.15, 0.2) is 30.5 Å². The summed E-state index contributed by atoms with van der Waals surface area (Å²) >= 11 is 0. The molecule has 122 valence electrons. The van der Waals surface area contributed by atoms with E-state index in [9.17, 15) is 9.59 Å². The standard InChI is InChI=1S/C18H23N3O2/c1-13(22)20-10-15(11-20)18(23)21-12-14(8-9-19(2)3)16-6-4-5-7-17(16)21/h4-7,12,15H,8-11H2,1-3H3. The summed E-state index contributed by atoms with van der Waals surface area (Å²) in [6, 6.07) is 8.04. The van der Waals surface area contributed by atoms with E-state index >= 15 is 0 Å². The molecule has 0 unspecified atom stereocenters. The Morgan fingerprint density at radius 1 is 1.22 bits per heavy atom. The van der Waals surface area contributed by atoms with Gasteiger partial charge in [-0.05, 0) is 32.1 Å². The molecule has 5 heteroatoms. The maximum absolute atomic E-state index is 12.8. The highest BCUT2D eigenvalue weighted by Gasteiger charge is 2.35. The first-order chi connectivity index (χ1) is 11.0. The number of hydrogen-bond donors (Lipinski definition) is 0. The highest BCUT2D eigenvalue weighted by molar-refractivity contribution is 5.96. The Labute approximate surface area is 136 Å². The minimum atomic E-state index is -0.0867. The van der Waals surface area contributed by atoms with Crippen molar-refractivity contribution in [3.8, 4) is 0 Å². The lowest BCUT2D eigenvalue weighted by Crippen LogP contribution is -2.53. The van der Waals surface area contributed by atoms with Crippen molar-refractivity contribution in [1.82, 2.24) is 14.4 Å². The van der Waals surface area contributed by atoms with Crippen LogP contribution >= 0.6 is 0 Å². The average molecular weight is 313 g/mol. The number of benzene rings is 1. The number of carbonyl (C=O) groups excluding carboxylic acids is 2. The molecule has 1 aromatic heterocycles. The highest BCUT2D eigenvalue weighted by Crippen LogP contribution is 2.25. The minimum Gasteiger partial charge on any atom is -0.341 e. The lowest BCUT2D eigenvalue weighted by atomic mass is 9.99. The van der Waals surface area contributed by atoms with E-state index in [1.54, 1.807) is 16.4 Å². The molecule has 1 aromatic carbocycles. The Balaban J connectivity index is 1.86. The number of para-hydroxylation sites is 1. The van der Waals surface area contributed by atoms with Crippen molar-refractivity contribution in [3.05, 3.63) is 36.0 Å². The summed E-state index contributed by atoms with van der Waals surface area (Å²) in [7, 11) is 4.10. The third-order valence-corrected chi connectivity index (χ3v) is 4.54. The summed E-state index contributed by atoms with van der Waals surface area (Å²) in [5.74, 6) is 0.0456. The van der Waals surface area contributed by atoms with Crippen molar-refractivity contribution in [2.24, 2.45) is 5.92 Å². The first-order valence-electron chi connectivity index (χ1n) is 8.01. The van der Waals surface area contributed by atoms with Gasteiger partial charge in [-0.25, -0.2) is 0 Å². The first-order valence-corrected chi connectivity index (χ1v) is 8.01. The molecule has 1 aliphatic heterocycles. The van der Waals surface area contributed by atoms with E-state index in [-0.39, 0.29) is 17.7 Å². The van der Waals surface area contributed by atoms with Gasteiger partial charge in [0.15, 0.2) is 0 Å². The maximum atomic E-state index is 12.8. The van der Waals surface area contributed by atoms with Gasteiger partial charge < -0.3 is 9.80 Å². The Morgan fingerprint density at radius 3 is 2.57 bits per heavy atom. The second-order valence-electron chi connectivity index (χ2n) is 6.55. The van der Waals surface area contributed by atoms with Crippen molar-refractivity contribution in [2.45, 2.75) is 13.3 Å². The number of fused-ring (bicyclic) bond motifs is 1. The topological polar surface area (TPSA) is 45.6 Å². The van der Waals surface area contributed by atoms with Crippen molar-refractivity contribution in [2.75, 3.05) is 33.7 Å². The Bertz CT molecular complexity index is 742. The predicted octanol–water partition coefficient (Wildman–Crippen LogP) is 1.86. The van der Waals surface area contributed by atoms with Crippen LogP contribution in [-0.4, -0.2) is 59.9 Å². The van der Waals surface area contributed by atoms with Crippen LogP contribution in [0.5, 0.6) is 0 Å². The molecule has 1 fully saturated rings. The van der Waals surface area contributed by atoms with Gasteiger partial charge in [-0.1, -0.05) is 18.2 Å². The van der Waals surface area contributed by atoms with E-state index in [2.05, 4.69) is 25.1 Å². The van der Waals surface area contributed by atoms with Crippen LogP contribution < -0.4 is 0 Å². The average Bonchev–Trinajstić information content (AvgIpc) is 2.82. The van der Waals surface area contributed by atoms with Crippen LogP contribution in [0.3, 0.4) is 0 Å². The van der Waals surface area contributed by atoms with Gasteiger partial charge in [-0.15, -0.1) is 0 Å². The molecule has 5 nitrogen and oxygen atoms in total. The maximum Gasteiger partial charge on any atom is 0.237 e. The second-order valence-corrected chi connectivity index (χ2v) is 6.55. The van der Waals surface area contributed by atoms with Crippen LogP contribution in [0.2, 0.25) is 0 Å². The normalized spacial score (nSPS) is 15.2. The number of aromatic nitrogens is 1. The van der Waals surface area contributed by atoms with Gasteiger partial charge in [-0.2, -0.15) is 0 Å². The zero-order valence-corrected chi connectivity index (χ0v) is 14.0. The van der Waals surface area contributed by atoms with Gasteiger partial charge >= 0.3 is 0 Å². The molecule has 0 spiro atoms. The third kappa shape index (κ3) is 3.01. The van der Waals surface area contributed by atoms with Crippen molar-refractivity contribution in [3.63, 3.8) is 0 Å². The fraction of sp³-hybridized carbons (Fsp3) is 0.444. The van der Waals surface area contributed by atoms with Crippen molar-refractivity contribution < 1.29 is 9.59 Å². The number of nitrogens with zero attached hydrogens (tertiary/aromatic N) is 3. The summed E-state index contributed by atoms with van der Waals surface area (Å²) in [6.45, 7) is 3.57. The number of hydrogen-bond acceptors (Lipinski definition) is 3. The smallest absolute Gasteiger partial charge is 0.237 e. The molecule has 0 saturated carbocycles. The fourth-order valence-corrected chi connectivity index (χ4v) is 3.06. The lowest BCUT2D eigenvalue weighted by Gasteiger charge is -2.37. The number of likely N-dealkylation sites (tertiary alicyclic amines) is 1. The molecule has 0 atom stereocenters. The summed E-state index contributed by atoms with van der Waals surface area (Å²) in [4.78, 5) is 27.9. The summed E-state index contributed by atoms with van der Waals surface area (Å²) < 4.78 is 1.78. The lowest BCUT2D eigenvalue weighted by molar-refractivity contribution is -0.133. The zero-order chi connectivity index (χ0) is 16.6. The number of amides is 1. The zero-order valence-electron chi connectivity index (χ0n) is 14.0. The van der Waals surface area contributed by atoms with E-state index in [0.717, 1.165) is 23.9 Å². The first kappa shape index (κ1) is 15.7. The van der Waals surface area contributed by atoms with E-state index in [1.807, 2.05) is 24.4 Å². The summed E-state index contributed by atoms with van der Waals surface area (Å²) in [6.07, 6.45) is 2.89. The third-order valence-electron chi connectivity index (χ3n) is 4.54. The molecule has 3 rings (SSSR count). The molecule has 2 heterocycles. The highest BCUT2D eigenvalue weighted by atomic mass is 16.2. The fourth-order valence-electron chi connectivity index (χ4n) is 3.06. The molecule has 1 aliphatic rings. The number of rotatable bonds is 4. The number of likely N-dealkylation sites (N-methyl/N-ethyl adjacent to an activating group) is 1. The minimum absolute atomic E-state index is 0.0399. The largest absolute Gasteiger partial charge is 0.341 e. The summed E-state index contributed by atoms with van der Waals surface area (Å²) in [5.41, 5.74) is 2.16. The molecular formula is C18H23N3O2. The monoisotopic (exact) mass is 313 g/mol. The molecule has 1 saturated heterocycles. The van der Waals surface area contributed by atoms with Gasteiger partial charge in [0.1, 0.15) is 0 Å². The van der Waals surface area contributed by atoms with Crippen LogP contribution in [0, 0.1) is 5.92 Å². The molecule has 0 radical (unpaired) electrons. The quantitative estimate of drug-likeness (QED) is 0.865. The Morgan fingerprint density at radius 2 is 1.91 bits per heavy atom.